The number of nitrogens with zero attached hydrogens (tertiary/aromatic N) is 3. The molecule has 1 N–H and O–H groups in total. The zero-order valence-corrected chi connectivity index (χ0v) is 20.9. The SMILES string of the molecule is CCC(SC1=Nc2ccccc2C2=NC(=O)C(Cc3ccccc3)N12)C(=O)Nc1ccc2c(c1)OCO2. The number of fused-ring (bicyclic) bond motifs is 4. The number of hydrogen-bond donors (Lipinski definition) is 1. The Morgan fingerprint density at radius 2 is 1.84 bits per heavy atom. The van der Waals surface area contributed by atoms with Gasteiger partial charge in [-0.3, -0.25) is 14.5 Å². The molecule has 2 unspecified atom stereocenters. The Labute approximate surface area is 218 Å². The van der Waals surface area contributed by atoms with Gasteiger partial charge >= 0.3 is 0 Å². The van der Waals surface area contributed by atoms with Crippen LogP contribution in [0, 0.1) is 0 Å². The summed E-state index contributed by atoms with van der Waals surface area (Å²) in [6, 6.07) is 22.3. The average Bonchev–Trinajstić information content (AvgIpc) is 3.52. The van der Waals surface area contributed by atoms with E-state index < -0.39 is 11.3 Å². The minimum absolute atomic E-state index is 0.156. The van der Waals surface area contributed by atoms with Crippen molar-refractivity contribution >= 4 is 46.0 Å². The molecular formula is C28H24N4O4S. The minimum atomic E-state index is -0.522. The Morgan fingerprint density at radius 3 is 2.68 bits per heavy atom. The largest absolute Gasteiger partial charge is 0.454 e. The lowest BCUT2D eigenvalue weighted by Gasteiger charge is -2.32. The van der Waals surface area contributed by atoms with Gasteiger partial charge in [0.15, 0.2) is 16.7 Å². The lowest BCUT2D eigenvalue weighted by atomic mass is 10.0. The summed E-state index contributed by atoms with van der Waals surface area (Å²) in [4.78, 5) is 37.7. The lowest BCUT2D eigenvalue weighted by Crippen LogP contribution is -2.45. The van der Waals surface area contributed by atoms with Gasteiger partial charge in [-0.2, -0.15) is 4.99 Å². The summed E-state index contributed by atoms with van der Waals surface area (Å²) in [7, 11) is 0. The molecule has 9 heteroatoms. The number of anilines is 1. The van der Waals surface area contributed by atoms with Crippen LogP contribution in [0.4, 0.5) is 11.4 Å². The van der Waals surface area contributed by atoms with Crippen molar-refractivity contribution in [1.82, 2.24) is 4.90 Å². The molecule has 6 rings (SSSR count). The first-order chi connectivity index (χ1) is 18.1. The van der Waals surface area contributed by atoms with Gasteiger partial charge < -0.3 is 14.8 Å². The maximum atomic E-state index is 13.3. The fourth-order valence-electron chi connectivity index (χ4n) is 4.57. The van der Waals surface area contributed by atoms with Crippen molar-refractivity contribution in [2.75, 3.05) is 12.1 Å². The zero-order chi connectivity index (χ0) is 25.4. The molecule has 8 nitrogen and oxygen atoms in total. The predicted molar refractivity (Wildman–Crippen MR) is 144 cm³/mol. The molecule has 3 aliphatic heterocycles. The summed E-state index contributed by atoms with van der Waals surface area (Å²) >= 11 is 1.35. The molecule has 0 fully saturated rings. The summed E-state index contributed by atoms with van der Waals surface area (Å²) in [6.45, 7) is 2.13. The van der Waals surface area contributed by atoms with E-state index in [1.165, 1.54) is 11.8 Å². The Kier molecular flexibility index (Phi) is 6.13. The maximum Gasteiger partial charge on any atom is 0.271 e. The fraction of sp³-hybridized carbons (Fsp3) is 0.214. The molecule has 2 amide bonds. The van der Waals surface area contributed by atoms with Gasteiger partial charge in [0.05, 0.1) is 10.9 Å². The van der Waals surface area contributed by atoms with Crippen molar-refractivity contribution in [3.8, 4) is 11.5 Å². The van der Waals surface area contributed by atoms with Crippen LogP contribution in [0.25, 0.3) is 0 Å². The third kappa shape index (κ3) is 4.46. The third-order valence-corrected chi connectivity index (χ3v) is 7.76. The molecule has 0 saturated carbocycles. The van der Waals surface area contributed by atoms with Crippen LogP contribution in [0.5, 0.6) is 11.5 Å². The molecule has 3 aromatic carbocycles. The number of nitrogens with one attached hydrogen (secondary N) is 1. The van der Waals surface area contributed by atoms with E-state index in [2.05, 4.69) is 10.3 Å². The Balaban J connectivity index is 1.28. The van der Waals surface area contributed by atoms with E-state index in [9.17, 15) is 9.59 Å². The number of carbonyl (C=O) groups excluding carboxylic acids is 2. The van der Waals surface area contributed by atoms with Crippen LogP contribution in [0.3, 0.4) is 0 Å². The number of amides is 2. The second-order valence-corrected chi connectivity index (χ2v) is 10.0. The highest BCUT2D eigenvalue weighted by Crippen LogP contribution is 2.37. The van der Waals surface area contributed by atoms with Crippen LogP contribution >= 0.6 is 11.8 Å². The highest BCUT2D eigenvalue weighted by atomic mass is 32.2. The van der Waals surface area contributed by atoms with Gasteiger partial charge in [0.2, 0.25) is 12.7 Å². The monoisotopic (exact) mass is 512 g/mol. The summed E-state index contributed by atoms with van der Waals surface area (Å²) < 4.78 is 10.8. The number of para-hydroxylation sites is 1. The normalized spacial score (nSPS) is 18.0. The maximum absolute atomic E-state index is 13.3. The van der Waals surface area contributed by atoms with Gasteiger partial charge in [-0.05, 0) is 36.2 Å². The molecule has 0 spiro atoms. The van der Waals surface area contributed by atoms with Crippen LogP contribution in [0.2, 0.25) is 0 Å². The van der Waals surface area contributed by atoms with E-state index in [1.807, 2.05) is 66.4 Å². The summed E-state index contributed by atoms with van der Waals surface area (Å²) in [6.07, 6.45) is 1.06. The first kappa shape index (κ1) is 23.3. The van der Waals surface area contributed by atoms with Gasteiger partial charge in [0.1, 0.15) is 11.9 Å². The number of rotatable bonds is 6. The summed E-state index contributed by atoms with van der Waals surface area (Å²) in [5.74, 6) is 1.49. The molecule has 186 valence electrons. The van der Waals surface area contributed by atoms with E-state index in [4.69, 9.17) is 14.5 Å². The van der Waals surface area contributed by atoms with E-state index in [1.54, 1.807) is 18.2 Å². The van der Waals surface area contributed by atoms with Crippen molar-refractivity contribution < 1.29 is 19.1 Å². The molecule has 3 aliphatic rings. The van der Waals surface area contributed by atoms with Crippen molar-refractivity contribution in [2.24, 2.45) is 9.98 Å². The first-order valence-corrected chi connectivity index (χ1v) is 13.0. The van der Waals surface area contributed by atoms with Gasteiger partial charge in [-0.1, -0.05) is 61.2 Å². The minimum Gasteiger partial charge on any atom is -0.454 e. The number of hydrogen-bond acceptors (Lipinski definition) is 7. The molecule has 0 saturated heterocycles. The van der Waals surface area contributed by atoms with E-state index in [0.717, 1.165) is 16.8 Å². The molecule has 2 atom stereocenters. The highest BCUT2D eigenvalue weighted by Gasteiger charge is 2.42. The van der Waals surface area contributed by atoms with E-state index in [-0.39, 0.29) is 18.6 Å². The van der Waals surface area contributed by atoms with Crippen molar-refractivity contribution in [3.05, 3.63) is 83.9 Å². The van der Waals surface area contributed by atoms with E-state index >= 15 is 0 Å². The number of benzene rings is 3. The highest BCUT2D eigenvalue weighted by molar-refractivity contribution is 8.15. The third-order valence-electron chi connectivity index (χ3n) is 6.43. The lowest BCUT2D eigenvalue weighted by molar-refractivity contribution is -0.119. The summed E-state index contributed by atoms with van der Waals surface area (Å²) in [5.41, 5.74) is 3.21. The Bertz CT molecular complexity index is 1440. The number of thioether (sulfide) groups is 1. The van der Waals surface area contributed by atoms with Crippen LogP contribution in [-0.2, 0) is 16.0 Å². The molecule has 0 radical (unpaired) electrons. The van der Waals surface area contributed by atoms with Gasteiger partial charge in [-0.15, -0.1) is 0 Å². The van der Waals surface area contributed by atoms with Crippen molar-refractivity contribution in [1.29, 1.82) is 0 Å². The quantitative estimate of drug-likeness (QED) is 0.512. The molecule has 0 aromatic heterocycles. The van der Waals surface area contributed by atoms with Crippen LogP contribution < -0.4 is 14.8 Å². The van der Waals surface area contributed by atoms with Gasteiger partial charge in [0, 0.05) is 23.7 Å². The molecule has 0 bridgehead atoms. The predicted octanol–water partition coefficient (Wildman–Crippen LogP) is 4.77. The van der Waals surface area contributed by atoms with Crippen LogP contribution in [0.15, 0.2) is 82.8 Å². The topological polar surface area (TPSA) is 92.6 Å². The van der Waals surface area contributed by atoms with Crippen molar-refractivity contribution in [3.63, 3.8) is 0 Å². The number of aliphatic imine (C=N–C) groups is 2. The smallest absolute Gasteiger partial charge is 0.271 e. The van der Waals surface area contributed by atoms with Crippen LogP contribution in [0.1, 0.15) is 24.5 Å². The molecule has 3 aromatic rings. The van der Waals surface area contributed by atoms with Gasteiger partial charge in [0.25, 0.3) is 5.91 Å². The number of carbonyl (C=O) groups is 2. The second kappa shape index (κ2) is 9.74. The van der Waals surface area contributed by atoms with Crippen LogP contribution in [-0.4, -0.2) is 45.8 Å². The summed E-state index contributed by atoms with van der Waals surface area (Å²) in [5, 5.41) is 3.14. The second-order valence-electron chi connectivity index (χ2n) is 8.83. The molecular weight excluding hydrogens is 488 g/mol. The fourth-order valence-corrected chi connectivity index (χ4v) is 5.63. The standard InChI is InChI=1S/C28H24N4O4S/c1-2-24(27(34)29-18-12-13-22-23(15-18)36-16-35-22)37-28-30-20-11-7-6-10-19(20)25-31-26(33)21(32(25)28)14-17-8-4-3-5-9-17/h3-13,15,21,24H,2,14,16H2,1H3,(H,29,34). The number of ether oxygens (including phenoxy) is 2. The molecule has 3 heterocycles. The zero-order valence-electron chi connectivity index (χ0n) is 20.1. The Hall–Kier alpha value is -4.11. The van der Waals surface area contributed by atoms with E-state index in [0.29, 0.717) is 41.0 Å². The number of amidine groups is 2. The average molecular weight is 513 g/mol. The van der Waals surface area contributed by atoms with Crippen molar-refractivity contribution in [2.45, 2.75) is 31.1 Å². The molecule has 37 heavy (non-hydrogen) atoms. The first-order valence-electron chi connectivity index (χ1n) is 12.1. The Morgan fingerprint density at radius 1 is 1.05 bits per heavy atom. The molecule has 0 aliphatic carbocycles. The van der Waals surface area contributed by atoms with Gasteiger partial charge in [-0.25, -0.2) is 4.99 Å².